The SMILES string of the molecule is Cc1ccc(NC(=O)C2c3ccccc3C(=O)N(C)C2c2c[nH]c3ccccc23)cc1F. The Bertz CT molecular complexity index is 1360. The summed E-state index contributed by atoms with van der Waals surface area (Å²) < 4.78 is 14.1. The number of nitrogens with one attached hydrogen (secondary N) is 2. The van der Waals surface area contributed by atoms with Gasteiger partial charge in [-0.25, -0.2) is 4.39 Å². The summed E-state index contributed by atoms with van der Waals surface area (Å²) in [6.45, 7) is 1.67. The zero-order chi connectivity index (χ0) is 22.4. The summed E-state index contributed by atoms with van der Waals surface area (Å²) in [5.74, 6) is -1.48. The topological polar surface area (TPSA) is 65.2 Å². The molecule has 160 valence electrons. The number of H-pyrrole nitrogens is 1. The third kappa shape index (κ3) is 3.15. The van der Waals surface area contributed by atoms with Gasteiger partial charge in [0.15, 0.2) is 0 Å². The maximum absolute atomic E-state index is 14.1. The van der Waals surface area contributed by atoms with Crippen LogP contribution in [0, 0.1) is 12.7 Å². The molecule has 0 spiro atoms. The van der Waals surface area contributed by atoms with E-state index in [9.17, 15) is 14.0 Å². The van der Waals surface area contributed by atoms with Gasteiger partial charge in [-0.2, -0.15) is 0 Å². The summed E-state index contributed by atoms with van der Waals surface area (Å²) in [5, 5.41) is 3.82. The van der Waals surface area contributed by atoms with E-state index >= 15 is 0 Å². The molecule has 2 atom stereocenters. The molecule has 5 rings (SSSR count). The number of likely N-dealkylation sites (N-methyl/N-ethyl adjacent to an activating group) is 1. The normalized spacial score (nSPS) is 18.0. The number of carbonyl (C=O) groups is 2. The Labute approximate surface area is 184 Å². The van der Waals surface area contributed by atoms with E-state index < -0.39 is 12.0 Å². The molecule has 2 unspecified atom stereocenters. The molecule has 6 heteroatoms. The van der Waals surface area contributed by atoms with Crippen LogP contribution in [0.4, 0.5) is 10.1 Å². The Kier molecular flexibility index (Phi) is 4.78. The highest BCUT2D eigenvalue weighted by Crippen LogP contribution is 2.44. The minimum Gasteiger partial charge on any atom is -0.361 e. The van der Waals surface area contributed by atoms with Crippen molar-refractivity contribution in [3.8, 4) is 0 Å². The van der Waals surface area contributed by atoms with Crippen LogP contribution in [0.25, 0.3) is 10.9 Å². The van der Waals surface area contributed by atoms with Gasteiger partial charge in [-0.15, -0.1) is 0 Å². The average molecular weight is 427 g/mol. The van der Waals surface area contributed by atoms with Crippen molar-refractivity contribution < 1.29 is 14.0 Å². The smallest absolute Gasteiger partial charge is 0.254 e. The van der Waals surface area contributed by atoms with Gasteiger partial charge in [0.2, 0.25) is 5.91 Å². The monoisotopic (exact) mass is 427 g/mol. The number of rotatable bonds is 3. The van der Waals surface area contributed by atoms with Gasteiger partial charge in [0.1, 0.15) is 5.82 Å². The number of hydrogen-bond acceptors (Lipinski definition) is 2. The van der Waals surface area contributed by atoms with Crippen molar-refractivity contribution in [2.45, 2.75) is 18.9 Å². The van der Waals surface area contributed by atoms with Crippen LogP contribution in [0.3, 0.4) is 0 Å². The minimum atomic E-state index is -0.669. The summed E-state index contributed by atoms with van der Waals surface area (Å²) in [6.07, 6.45) is 1.86. The van der Waals surface area contributed by atoms with Gasteiger partial charge < -0.3 is 15.2 Å². The predicted molar refractivity (Wildman–Crippen MR) is 122 cm³/mol. The maximum Gasteiger partial charge on any atom is 0.254 e. The van der Waals surface area contributed by atoms with Crippen LogP contribution in [0.15, 0.2) is 72.9 Å². The van der Waals surface area contributed by atoms with E-state index in [1.807, 2.05) is 42.6 Å². The van der Waals surface area contributed by atoms with Gasteiger partial charge in [-0.1, -0.05) is 42.5 Å². The van der Waals surface area contributed by atoms with Crippen LogP contribution in [-0.4, -0.2) is 28.7 Å². The third-order valence-corrected chi connectivity index (χ3v) is 6.24. The molecule has 32 heavy (non-hydrogen) atoms. The third-order valence-electron chi connectivity index (χ3n) is 6.24. The van der Waals surface area contributed by atoms with Gasteiger partial charge >= 0.3 is 0 Å². The fraction of sp³-hybridized carbons (Fsp3) is 0.154. The molecule has 0 saturated heterocycles. The van der Waals surface area contributed by atoms with Gasteiger partial charge in [-0.3, -0.25) is 9.59 Å². The highest BCUT2D eigenvalue weighted by Gasteiger charge is 2.43. The fourth-order valence-electron chi connectivity index (χ4n) is 4.58. The van der Waals surface area contributed by atoms with Gasteiger partial charge in [0.05, 0.1) is 12.0 Å². The van der Waals surface area contributed by atoms with Gasteiger partial charge in [0, 0.05) is 41.0 Å². The van der Waals surface area contributed by atoms with E-state index in [0.717, 1.165) is 16.5 Å². The van der Waals surface area contributed by atoms with Crippen LogP contribution in [0.5, 0.6) is 0 Å². The number of aromatic amines is 1. The van der Waals surface area contributed by atoms with Crippen LogP contribution >= 0.6 is 0 Å². The number of carbonyl (C=O) groups excluding carboxylic acids is 2. The summed E-state index contributed by atoms with van der Waals surface area (Å²) in [6, 6.07) is 19.1. The molecular weight excluding hydrogens is 405 g/mol. The molecule has 0 saturated carbocycles. The molecule has 0 radical (unpaired) electrons. The standard InChI is InChI=1S/C26H22FN3O2/c1-15-11-12-16(13-21(15)27)29-25(31)23-18-8-3-4-9-19(18)26(32)30(2)24(23)20-14-28-22-10-6-5-7-17(20)22/h3-14,23-24,28H,1-2H3,(H,29,31). The zero-order valence-corrected chi connectivity index (χ0v) is 17.7. The maximum atomic E-state index is 14.1. The molecule has 2 amide bonds. The lowest BCUT2D eigenvalue weighted by Gasteiger charge is -2.39. The Balaban J connectivity index is 1.64. The number of benzene rings is 3. The van der Waals surface area contributed by atoms with E-state index in [1.54, 1.807) is 43.1 Å². The summed E-state index contributed by atoms with van der Waals surface area (Å²) >= 11 is 0. The van der Waals surface area contributed by atoms with Crippen molar-refractivity contribution in [3.63, 3.8) is 0 Å². The average Bonchev–Trinajstić information content (AvgIpc) is 3.22. The number of fused-ring (bicyclic) bond motifs is 2. The zero-order valence-electron chi connectivity index (χ0n) is 17.7. The van der Waals surface area contributed by atoms with Crippen molar-refractivity contribution >= 4 is 28.4 Å². The molecule has 5 nitrogen and oxygen atoms in total. The molecule has 1 aliphatic rings. The van der Waals surface area contributed by atoms with Crippen molar-refractivity contribution in [2.24, 2.45) is 0 Å². The fourth-order valence-corrected chi connectivity index (χ4v) is 4.58. The van der Waals surface area contributed by atoms with Crippen molar-refractivity contribution in [1.82, 2.24) is 9.88 Å². The number of hydrogen-bond donors (Lipinski definition) is 2. The Morgan fingerprint density at radius 3 is 2.59 bits per heavy atom. The number of para-hydroxylation sites is 1. The molecule has 1 aliphatic heterocycles. The van der Waals surface area contributed by atoms with Gasteiger partial charge in [-0.05, 0) is 42.3 Å². The molecule has 1 aromatic heterocycles. The van der Waals surface area contributed by atoms with E-state index in [0.29, 0.717) is 22.4 Å². The lowest BCUT2D eigenvalue weighted by Crippen LogP contribution is -2.44. The van der Waals surface area contributed by atoms with Crippen molar-refractivity contribution in [3.05, 3.63) is 101 Å². The first-order valence-corrected chi connectivity index (χ1v) is 10.4. The number of aromatic nitrogens is 1. The second-order valence-electron chi connectivity index (χ2n) is 8.17. The second kappa shape index (κ2) is 7.64. The van der Waals surface area contributed by atoms with Crippen LogP contribution in [-0.2, 0) is 4.79 Å². The Morgan fingerprint density at radius 1 is 1.03 bits per heavy atom. The largest absolute Gasteiger partial charge is 0.361 e. The first-order valence-electron chi connectivity index (χ1n) is 10.4. The molecule has 3 aromatic carbocycles. The van der Waals surface area contributed by atoms with E-state index in [1.165, 1.54) is 6.07 Å². The number of aryl methyl sites for hydroxylation is 1. The molecular formula is C26H22FN3O2. The summed E-state index contributed by atoms with van der Waals surface area (Å²) in [4.78, 5) is 31.7. The highest BCUT2D eigenvalue weighted by molar-refractivity contribution is 6.05. The second-order valence-corrected chi connectivity index (χ2v) is 8.17. The first kappa shape index (κ1) is 20.0. The molecule has 2 N–H and O–H groups in total. The molecule has 0 fully saturated rings. The molecule has 0 bridgehead atoms. The van der Waals surface area contributed by atoms with E-state index in [-0.39, 0.29) is 17.6 Å². The van der Waals surface area contributed by atoms with Crippen molar-refractivity contribution in [1.29, 1.82) is 0 Å². The lowest BCUT2D eigenvalue weighted by molar-refractivity contribution is -0.119. The van der Waals surface area contributed by atoms with Crippen molar-refractivity contribution in [2.75, 3.05) is 12.4 Å². The van der Waals surface area contributed by atoms with E-state index in [2.05, 4.69) is 10.3 Å². The molecule has 4 aromatic rings. The van der Waals surface area contributed by atoms with Crippen LogP contribution in [0.1, 0.15) is 39.0 Å². The number of halogens is 1. The highest BCUT2D eigenvalue weighted by atomic mass is 19.1. The number of anilines is 1. The predicted octanol–water partition coefficient (Wildman–Crippen LogP) is 5.16. The Hall–Kier alpha value is -3.93. The number of amides is 2. The lowest BCUT2D eigenvalue weighted by atomic mass is 9.79. The van der Waals surface area contributed by atoms with Gasteiger partial charge in [0.25, 0.3) is 5.91 Å². The molecule has 2 heterocycles. The Morgan fingerprint density at radius 2 is 1.78 bits per heavy atom. The first-order chi connectivity index (χ1) is 15.5. The molecule has 0 aliphatic carbocycles. The minimum absolute atomic E-state index is 0.138. The summed E-state index contributed by atoms with van der Waals surface area (Å²) in [7, 11) is 1.72. The number of nitrogens with zero attached hydrogens (tertiary/aromatic N) is 1. The van der Waals surface area contributed by atoms with Crippen LogP contribution in [0.2, 0.25) is 0 Å². The summed E-state index contributed by atoms with van der Waals surface area (Å²) in [5.41, 5.74) is 3.85. The van der Waals surface area contributed by atoms with Crippen LogP contribution < -0.4 is 5.32 Å². The quantitative estimate of drug-likeness (QED) is 0.474. The van der Waals surface area contributed by atoms with E-state index in [4.69, 9.17) is 0 Å².